The summed E-state index contributed by atoms with van der Waals surface area (Å²) >= 11 is 0. The van der Waals surface area contributed by atoms with Crippen molar-refractivity contribution >= 4 is 27.7 Å². The molecule has 8 rings (SSSR count). The molecule has 57 heavy (non-hydrogen) atoms. The van der Waals surface area contributed by atoms with Crippen LogP contribution in [0.2, 0.25) is 0 Å². The summed E-state index contributed by atoms with van der Waals surface area (Å²) in [5.41, 5.74) is 13.0. The number of benzene rings is 4. The maximum absolute atomic E-state index is 9.84. The van der Waals surface area contributed by atoms with Gasteiger partial charge in [0.05, 0.1) is 5.54 Å². The van der Waals surface area contributed by atoms with Gasteiger partial charge in [0, 0.05) is 27.2 Å². The van der Waals surface area contributed by atoms with Gasteiger partial charge in [0.25, 0.3) is 0 Å². The second kappa shape index (κ2) is 13.5. The van der Waals surface area contributed by atoms with Crippen LogP contribution in [0.4, 0.5) is 0 Å². The number of hydrogen-bond acceptors (Lipinski definition) is 3. The van der Waals surface area contributed by atoms with Crippen LogP contribution in [0.3, 0.4) is 0 Å². The monoisotopic (exact) mass is 938 g/mol. The molecular formula is C52H59N3OPt. The molecule has 2 aliphatic rings. The molecule has 0 spiro atoms. The third-order valence-corrected chi connectivity index (χ3v) is 12.5. The van der Waals surface area contributed by atoms with E-state index in [2.05, 4.69) is 161 Å². The smallest absolute Gasteiger partial charge is 0.511 e. The van der Waals surface area contributed by atoms with E-state index in [0.717, 1.165) is 77.7 Å². The number of ether oxygens (including phenoxy) is 1. The van der Waals surface area contributed by atoms with Crippen LogP contribution in [0.15, 0.2) is 65.8 Å². The van der Waals surface area contributed by atoms with Gasteiger partial charge in [-0.25, -0.2) is 0 Å². The Labute approximate surface area is 358 Å². The number of nitrogens with zero attached hydrogens (tertiary/aromatic N) is 3. The van der Waals surface area contributed by atoms with Gasteiger partial charge in [-0.1, -0.05) is 110 Å². The Bertz CT molecular complexity index is 2740. The summed E-state index contributed by atoms with van der Waals surface area (Å²) in [6.07, 6.45) is 0.673. The van der Waals surface area contributed by atoms with Crippen molar-refractivity contribution in [3.8, 4) is 16.9 Å². The largest absolute Gasteiger partial charge is 2.00 e. The summed E-state index contributed by atoms with van der Waals surface area (Å²) in [4.78, 5) is 10.2. The Kier molecular flexibility index (Phi) is 9.13. The van der Waals surface area contributed by atoms with Gasteiger partial charge < -0.3 is 14.3 Å². The fraction of sp³-hybridized carbons (Fsp3) is 0.423. The van der Waals surface area contributed by atoms with Gasteiger partial charge in [-0.05, 0) is 119 Å². The van der Waals surface area contributed by atoms with Crippen LogP contribution in [0.1, 0.15) is 135 Å². The van der Waals surface area contributed by atoms with Gasteiger partial charge in [0.2, 0.25) is 0 Å². The molecule has 0 saturated carbocycles. The first-order valence-electron chi connectivity index (χ1n) is 21.2. The Morgan fingerprint density at radius 3 is 2.14 bits per heavy atom. The molecule has 0 fully saturated rings. The fourth-order valence-corrected chi connectivity index (χ4v) is 9.24. The molecule has 0 N–H and O–H groups in total. The van der Waals surface area contributed by atoms with Crippen molar-refractivity contribution in [2.24, 2.45) is 4.99 Å². The molecule has 1 aliphatic heterocycles. The molecule has 4 aromatic carbocycles. The standard InChI is InChI=1S/C52H59N3O.Pt/c1-30-16-17-44-40(20-30)41-22-31(2)39(43-26-36(18-19-53-43)48(5,6)7)27-45(41)55(44)38-24-34(23-37(25-38)49(8,9)10)47-54-51(14)28-35-21-32(3)46(50(11,12)13)33(4)42(35)29-52(51,15)56-47;/h16-23,25-26H,28-29H2,1-15H3;/q-2;+2/t51-,52-;/m0./s1/i28D2;. The van der Waals surface area contributed by atoms with Gasteiger partial charge in [0.15, 0.2) is 0 Å². The third-order valence-electron chi connectivity index (χ3n) is 12.5. The molecule has 5 heteroatoms. The Balaban J connectivity index is 0.00000528. The summed E-state index contributed by atoms with van der Waals surface area (Å²) in [7, 11) is 0. The van der Waals surface area contributed by atoms with Crippen LogP contribution >= 0.6 is 0 Å². The Morgan fingerprint density at radius 2 is 1.47 bits per heavy atom. The fourth-order valence-electron chi connectivity index (χ4n) is 9.24. The summed E-state index contributed by atoms with van der Waals surface area (Å²) in [5.74, 6) is 0.430. The van der Waals surface area contributed by atoms with Crippen molar-refractivity contribution in [3.05, 3.63) is 129 Å². The zero-order valence-electron chi connectivity index (χ0n) is 38.5. The molecule has 4 nitrogen and oxygen atoms in total. The maximum atomic E-state index is 9.84. The van der Waals surface area contributed by atoms with Crippen molar-refractivity contribution in [1.82, 2.24) is 9.55 Å². The molecule has 0 bridgehead atoms. The van der Waals surface area contributed by atoms with Gasteiger partial charge in [0.1, 0.15) is 11.5 Å². The minimum absolute atomic E-state index is 0. The van der Waals surface area contributed by atoms with E-state index >= 15 is 0 Å². The zero-order chi connectivity index (χ0) is 42.3. The van der Waals surface area contributed by atoms with E-state index < -0.39 is 17.5 Å². The predicted molar refractivity (Wildman–Crippen MR) is 235 cm³/mol. The first-order chi connectivity index (χ1) is 26.7. The number of aliphatic imine (C=N–C) groups is 1. The molecular weight excluding hydrogens is 878 g/mol. The van der Waals surface area contributed by atoms with Gasteiger partial charge >= 0.3 is 21.1 Å². The average Bonchev–Trinajstić information content (AvgIpc) is 3.58. The second-order valence-electron chi connectivity index (χ2n) is 20.1. The molecule has 6 aromatic rings. The summed E-state index contributed by atoms with van der Waals surface area (Å²) < 4.78 is 29.0. The first-order valence-corrected chi connectivity index (χ1v) is 20.2. The van der Waals surface area contributed by atoms with E-state index in [1.807, 2.05) is 20.0 Å². The van der Waals surface area contributed by atoms with E-state index in [1.165, 1.54) is 16.7 Å². The quantitative estimate of drug-likeness (QED) is 0.166. The summed E-state index contributed by atoms with van der Waals surface area (Å²) in [6.45, 7) is 32.6. The second-order valence-corrected chi connectivity index (χ2v) is 20.1. The molecule has 0 saturated heterocycles. The van der Waals surface area contributed by atoms with Crippen LogP contribution in [-0.2, 0) is 54.8 Å². The van der Waals surface area contributed by atoms with Crippen LogP contribution in [0.5, 0.6) is 0 Å². The molecule has 298 valence electrons. The summed E-state index contributed by atoms with van der Waals surface area (Å²) in [6, 6.07) is 27.3. The van der Waals surface area contributed by atoms with Crippen molar-refractivity contribution in [1.29, 1.82) is 0 Å². The number of aryl methyl sites for hydroxylation is 3. The zero-order valence-corrected chi connectivity index (χ0v) is 38.8. The minimum Gasteiger partial charge on any atom is -0.511 e. The molecule has 0 radical (unpaired) electrons. The normalized spacial score (nSPS) is 21.0. The van der Waals surface area contributed by atoms with Crippen LogP contribution in [0, 0.1) is 39.8 Å². The van der Waals surface area contributed by atoms with Crippen molar-refractivity contribution < 1.29 is 28.5 Å². The van der Waals surface area contributed by atoms with Crippen molar-refractivity contribution in [2.45, 2.75) is 144 Å². The summed E-state index contributed by atoms with van der Waals surface area (Å²) in [5, 5.41) is 2.27. The number of rotatable bonds is 3. The van der Waals surface area contributed by atoms with Crippen molar-refractivity contribution in [3.63, 3.8) is 0 Å². The molecule has 3 heterocycles. The molecule has 2 atom stereocenters. The van der Waals surface area contributed by atoms with E-state index in [1.54, 1.807) is 0 Å². The molecule has 1 aliphatic carbocycles. The average molecular weight is 939 g/mol. The van der Waals surface area contributed by atoms with Crippen LogP contribution < -0.4 is 0 Å². The van der Waals surface area contributed by atoms with Crippen molar-refractivity contribution in [2.75, 3.05) is 0 Å². The predicted octanol–water partition coefficient (Wildman–Crippen LogP) is 12.7. The van der Waals surface area contributed by atoms with Gasteiger partial charge in [-0.3, -0.25) is 4.99 Å². The maximum Gasteiger partial charge on any atom is 2.00 e. The van der Waals surface area contributed by atoms with Crippen LogP contribution in [0.25, 0.3) is 38.8 Å². The van der Waals surface area contributed by atoms with Crippen LogP contribution in [-0.4, -0.2) is 26.6 Å². The van der Waals surface area contributed by atoms with E-state index in [0.29, 0.717) is 12.3 Å². The number of fused-ring (bicyclic) bond motifs is 5. The molecule has 0 unspecified atom stereocenters. The number of pyridine rings is 1. The molecule has 2 aromatic heterocycles. The van der Waals surface area contributed by atoms with Gasteiger partial charge in [-0.15, -0.1) is 47.0 Å². The minimum atomic E-state index is -1.79. The van der Waals surface area contributed by atoms with E-state index in [9.17, 15) is 2.74 Å². The van der Waals surface area contributed by atoms with Gasteiger partial charge in [-0.2, -0.15) is 0 Å². The Hall–Kier alpha value is -4.01. The number of hydrogen-bond donors (Lipinski definition) is 0. The number of aromatic nitrogens is 2. The third kappa shape index (κ3) is 6.82. The van der Waals surface area contributed by atoms with E-state index in [-0.39, 0.29) is 37.3 Å². The van der Waals surface area contributed by atoms with E-state index in [4.69, 9.17) is 14.7 Å². The molecule has 0 amide bonds. The SMILES string of the molecule is [2H]C1([2H])c2cc(C)c(C(C)(C)C)c(C)c2C[C@]2(C)OC(c3[c-]c(-n4c5[c-]c(-c6cc(C(C)(C)C)ccn6)c(C)cc5c5cc(C)ccc54)cc(C(C)(C)C)c3)=N[C@@]12C.[Pt+2]. The Morgan fingerprint density at radius 1 is 0.772 bits per heavy atom. The first kappa shape index (κ1) is 38.5. The topological polar surface area (TPSA) is 39.4 Å².